The van der Waals surface area contributed by atoms with E-state index in [4.69, 9.17) is 38.1 Å². The summed E-state index contributed by atoms with van der Waals surface area (Å²) in [7, 11) is 0. The first-order valence-electron chi connectivity index (χ1n) is 10.7. The molecule has 1 aliphatic carbocycles. The maximum absolute atomic E-state index is 9.00. The van der Waals surface area contributed by atoms with Gasteiger partial charge < -0.3 is 15.3 Å². The summed E-state index contributed by atoms with van der Waals surface area (Å²) >= 11 is 12.1. The van der Waals surface area contributed by atoms with Gasteiger partial charge in [0.05, 0.1) is 22.8 Å². The Balaban J connectivity index is 0.000000636. The van der Waals surface area contributed by atoms with Crippen LogP contribution in [0.2, 0.25) is 10.0 Å². The monoisotopic (exact) mass is 491 g/mol. The minimum Gasteiger partial charge on any atom is -0.481 e. The van der Waals surface area contributed by atoms with Crippen molar-refractivity contribution in [3.8, 4) is 0 Å². The van der Waals surface area contributed by atoms with Gasteiger partial charge in [-0.3, -0.25) is 4.79 Å². The number of anilines is 3. The van der Waals surface area contributed by atoms with Crippen LogP contribution in [0.1, 0.15) is 18.9 Å². The van der Waals surface area contributed by atoms with Gasteiger partial charge in [0.2, 0.25) is 0 Å². The molecular formula is C27H23Cl2N3O2. The molecule has 7 heteroatoms. The second kappa shape index (κ2) is 10.2. The van der Waals surface area contributed by atoms with Crippen LogP contribution in [0.3, 0.4) is 0 Å². The molecular weight excluding hydrogens is 469 g/mol. The maximum atomic E-state index is 9.00. The minimum absolute atomic E-state index is 0.723. The molecule has 0 fully saturated rings. The molecule has 0 saturated carbocycles. The largest absolute Gasteiger partial charge is 0.481 e. The van der Waals surface area contributed by atoms with Crippen molar-refractivity contribution < 1.29 is 9.90 Å². The highest BCUT2D eigenvalue weighted by molar-refractivity contribution is 6.31. The molecule has 0 amide bonds. The van der Waals surface area contributed by atoms with E-state index in [0.717, 1.165) is 68.8 Å². The van der Waals surface area contributed by atoms with Crippen LogP contribution in [0, 0.1) is 6.92 Å². The molecule has 0 spiro atoms. The molecule has 172 valence electrons. The summed E-state index contributed by atoms with van der Waals surface area (Å²) in [4.78, 5) is 16.3. The number of fused-ring (bicyclic) bond motifs is 2. The zero-order valence-electron chi connectivity index (χ0n) is 18.7. The molecule has 5 nitrogen and oxygen atoms in total. The van der Waals surface area contributed by atoms with Crippen LogP contribution in [0.25, 0.3) is 0 Å². The Morgan fingerprint density at radius 3 is 2.26 bits per heavy atom. The van der Waals surface area contributed by atoms with Crippen LogP contribution < -0.4 is 10.2 Å². The van der Waals surface area contributed by atoms with Crippen molar-refractivity contribution in [3.05, 3.63) is 106 Å². The average molecular weight is 492 g/mol. The SMILES string of the molecule is CC(=O)O.Cc1cccc2c1N=C1C=C(Nc3ccc(Cl)cc3)CC=C1N2c1ccc(Cl)cc1. The van der Waals surface area contributed by atoms with E-state index in [1.54, 1.807) is 0 Å². The van der Waals surface area contributed by atoms with Crippen molar-refractivity contribution >= 4 is 57.6 Å². The number of para-hydroxylation sites is 1. The lowest BCUT2D eigenvalue weighted by molar-refractivity contribution is -0.134. The van der Waals surface area contributed by atoms with Crippen LogP contribution in [0.4, 0.5) is 22.7 Å². The predicted octanol–water partition coefficient (Wildman–Crippen LogP) is 7.90. The summed E-state index contributed by atoms with van der Waals surface area (Å²) < 4.78 is 0. The normalized spacial score (nSPS) is 13.9. The van der Waals surface area contributed by atoms with E-state index < -0.39 is 5.97 Å². The van der Waals surface area contributed by atoms with Gasteiger partial charge in [-0.15, -0.1) is 0 Å². The van der Waals surface area contributed by atoms with Gasteiger partial charge in [-0.05, 0) is 73.2 Å². The van der Waals surface area contributed by atoms with Gasteiger partial charge >= 0.3 is 0 Å². The van der Waals surface area contributed by atoms with E-state index in [9.17, 15) is 0 Å². The number of nitrogens with one attached hydrogen (secondary N) is 1. The first-order valence-corrected chi connectivity index (χ1v) is 11.4. The number of benzene rings is 3. The Kier molecular flexibility index (Phi) is 7.06. The van der Waals surface area contributed by atoms with Crippen LogP contribution in [-0.4, -0.2) is 16.8 Å². The molecule has 0 saturated heterocycles. The highest BCUT2D eigenvalue weighted by Crippen LogP contribution is 2.44. The zero-order chi connectivity index (χ0) is 24.2. The molecule has 0 aromatic heterocycles. The third-order valence-corrected chi connectivity index (χ3v) is 5.76. The third kappa shape index (κ3) is 5.33. The van der Waals surface area contributed by atoms with E-state index in [1.165, 1.54) is 0 Å². The summed E-state index contributed by atoms with van der Waals surface area (Å²) in [5.74, 6) is -0.833. The van der Waals surface area contributed by atoms with Gasteiger partial charge in [-0.2, -0.15) is 0 Å². The molecule has 0 radical (unpaired) electrons. The molecule has 1 heterocycles. The van der Waals surface area contributed by atoms with Crippen molar-refractivity contribution in [2.45, 2.75) is 20.3 Å². The highest BCUT2D eigenvalue weighted by atomic mass is 35.5. The molecule has 1 aliphatic heterocycles. The molecule has 2 N–H and O–H groups in total. The highest BCUT2D eigenvalue weighted by Gasteiger charge is 2.28. The van der Waals surface area contributed by atoms with Gasteiger partial charge in [0.15, 0.2) is 0 Å². The Bertz CT molecular complexity index is 1310. The molecule has 5 rings (SSSR count). The van der Waals surface area contributed by atoms with Crippen molar-refractivity contribution in [1.29, 1.82) is 0 Å². The molecule has 2 aliphatic rings. The fraction of sp³-hybridized carbons (Fsp3) is 0.111. The second-order valence-corrected chi connectivity index (χ2v) is 8.74. The lowest BCUT2D eigenvalue weighted by atomic mass is 9.99. The van der Waals surface area contributed by atoms with E-state index >= 15 is 0 Å². The summed E-state index contributed by atoms with van der Waals surface area (Å²) in [5.41, 5.74) is 8.39. The average Bonchev–Trinajstić information content (AvgIpc) is 2.80. The lowest BCUT2D eigenvalue weighted by Gasteiger charge is -2.34. The van der Waals surface area contributed by atoms with Crippen LogP contribution in [0.15, 0.2) is 95.3 Å². The number of allylic oxidation sites excluding steroid dienone is 2. The second-order valence-electron chi connectivity index (χ2n) is 7.87. The van der Waals surface area contributed by atoms with Crippen molar-refractivity contribution in [2.24, 2.45) is 4.99 Å². The molecule has 34 heavy (non-hydrogen) atoms. The van der Waals surface area contributed by atoms with Crippen LogP contribution in [-0.2, 0) is 4.79 Å². The van der Waals surface area contributed by atoms with Gasteiger partial charge in [0.25, 0.3) is 5.97 Å². The number of carboxylic acid groups (broad SMARTS) is 1. The number of carbonyl (C=O) groups is 1. The molecule has 3 aromatic rings. The maximum Gasteiger partial charge on any atom is 0.300 e. The van der Waals surface area contributed by atoms with Crippen LogP contribution in [0.5, 0.6) is 0 Å². The Morgan fingerprint density at radius 1 is 1.00 bits per heavy atom. The van der Waals surface area contributed by atoms with Crippen molar-refractivity contribution in [2.75, 3.05) is 10.2 Å². The van der Waals surface area contributed by atoms with Gasteiger partial charge in [0.1, 0.15) is 0 Å². The quantitative estimate of drug-likeness (QED) is 0.390. The summed E-state index contributed by atoms with van der Waals surface area (Å²) in [5, 5.41) is 12.3. The fourth-order valence-corrected chi connectivity index (χ4v) is 4.05. The topological polar surface area (TPSA) is 64.9 Å². The molecule has 3 aromatic carbocycles. The van der Waals surface area contributed by atoms with Crippen LogP contribution >= 0.6 is 23.2 Å². The van der Waals surface area contributed by atoms with E-state index in [1.807, 2.05) is 48.5 Å². The summed E-state index contributed by atoms with van der Waals surface area (Å²) in [6.07, 6.45) is 5.13. The number of halogens is 2. The number of hydrogen-bond donors (Lipinski definition) is 2. The summed E-state index contributed by atoms with van der Waals surface area (Å²) in [6, 6.07) is 21.9. The van der Waals surface area contributed by atoms with E-state index in [2.05, 4.69) is 47.5 Å². The Labute approximate surface area is 208 Å². The number of aliphatic carboxylic acids is 1. The number of carboxylic acids is 1. The molecule has 0 unspecified atom stereocenters. The van der Waals surface area contributed by atoms with E-state index in [0.29, 0.717) is 0 Å². The predicted molar refractivity (Wildman–Crippen MR) is 141 cm³/mol. The van der Waals surface area contributed by atoms with E-state index in [-0.39, 0.29) is 0 Å². The molecule has 0 atom stereocenters. The van der Waals surface area contributed by atoms with Gasteiger partial charge in [-0.25, -0.2) is 4.99 Å². The van der Waals surface area contributed by atoms with Crippen molar-refractivity contribution in [1.82, 2.24) is 0 Å². The standard InChI is InChI=1S/C25H19Cl2N3.C2H4O2/c1-16-3-2-4-24-25(16)29-22-15-20(28-19-9-5-17(26)6-10-19)11-14-23(22)30(24)21-12-7-18(27)8-13-21;1-2(3)4/h2-10,12-15,28H,11H2,1H3;1H3,(H,3,4). The Hall–Kier alpha value is -3.54. The first kappa shape index (κ1) is 23.6. The lowest BCUT2D eigenvalue weighted by Crippen LogP contribution is -2.27. The summed E-state index contributed by atoms with van der Waals surface area (Å²) in [6.45, 7) is 3.18. The fourth-order valence-electron chi connectivity index (χ4n) is 3.80. The number of rotatable bonds is 3. The number of aryl methyl sites for hydroxylation is 1. The smallest absolute Gasteiger partial charge is 0.300 e. The van der Waals surface area contributed by atoms with Gasteiger partial charge in [-0.1, -0.05) is 41.4 Å². The molecule has 0 bridgehead atoms. The number of nitrogens with zero attached hydrogens (tertiary/aromatic N) is 2. The number of hydrogen-bond acceptors (Lipinski definition) is 4. The third-order valence-electron chi connectivity index (χ3n) is 5.25. The minimum atomic E-state index is -0.833. The zero-order valence-corrected chi connectivity index (χ0v) is 20.2. The first-order chi connectivity index (χ1) is 16.3. The number of aliphatic imine (C=N–C) groups is 1. The van der Waals surface area contributed by atoms with Gasteiger partial charge in [0, 0.05) is 40.5 Å². The van der Waals surface area contributed by atoms with Crippen molar-refractivity contribution in [3.63, 3.8) is 0 Å². The Morgan fingerprint density at radius 2 is 1.62 bits per heavy atom.